The van der Waals surface area contributed by atoms with E-state index in [4.69, 9.17) is 0 Å². The molecule has 0 atom stereocenters. The van der Waals surface area contributed by atoms with Gasteiger partial charge in [0, 0.05) is 0 Å². The van der Waals surface area contributed by atoms with Gasteiger partial charge in [0.05, 0.1) is 0 Å². The van der Waals surface area contributed by atoms with E-state index in [0.717, 1.165) is 0 Å². The summed E-state index contributed by atoms with van der Waals surface area (Å²) in [5.41, 5.74) is 0. The van der Waals surface area contributed by atoms with E-state index in [1.165, 1.54) is 0 Å². The van der Waals surface area contributed by atoms with Crippen molar-refractivity contribution in [2.24, 2.45) is 0 Å². The quantitative estimate of drug-likeness (QED) is 0.488. The van der Waals surface area contributed by atoms with Gasteiger partial charge in [-0.3, -0.25) is 0 Å². The average molecular weight is 260 g/mol. The molecule has 0 aromatic carbocycles. The van der Waals surface area contributed by atoms with Crippen molar-refractivity contribution >= 4 is 45.0 Å². The summed E-state index contributed by atoms with van der Waals surface area (Å²) in [4.78, 5) is 0. The van der Waals surface area contributed by atoms with E-state index in [-0.39, 0.29) is 12.3 Å². The fraction of sp³-hybridized carbons (Fsp3) is 0. The molecular formula is H8N2S3Te. The van der Waals surface area contributed by atoms with Gasteiger partial charge in [0.25, 0.3) is 0 Å². The summed E-state index contributed by atoms with van der Waals surface area (Å²) in [6.07, 6.45) is 0. The van der Waals surface area contributed by atoms with Crippen molar-refractivity contribution in [3.63, 3.8) is 0 Å². The molecule has 0 saturated carbocycles. The summed E-state index contributed by atoms with van der Waals surface area (Å²) in [6.45, 7) is 0. The third-order valence-electron chi connectivity index (χ3n) is 0. The minimum atomic E-state index is -1.61. The van der Waals surface area contributed by atoms with Crippen molar-refractivity contribution in [1.29, 1.82) is 0 Å². The van der Waals surface area contributed by atoms with E-state index in [0.29, 0.717) is 0 Å². The van der Waals surface area contributed by atoms with Crippen LogP contribution in [0.5, 0.6) is 0 Å². The number of rotatable bonds is 0. The van der Waals surface area contributed by atoms with Gasteiger partial charge < -0.3 is 12.3 Å². The average Bonchev–Trinajstić information content (AvgIpc) is 0.811. The van der Waals surface area contributed by atoms with Crippen LogP contribution in [0.2, 0.25) is 0 Å². The van der Waals surface area contributed by atoms with Crippen LogP contribution >= 0.6 is 0 Å². The Morgan fingerprint density at radius 2 is 0.833 bits per heavy atom. The molecule has 0 fully saturated rings. The summed E-state index contributed by atoms with van der Waals surface area (Å²) in [5, 5.41) is 0. The third-order valence-corrected chi connectivity index (χ3v) is 0. The molecule has 6 heavy (non-hydrogen) atoms. The van der Waals surface area contributed by atoms with Gasteiger partial charge in [0.15, 0.2) is 0 Å². The van der Waals surface area contributed by atoms with Gasteiger partial charge in [-0.1, -0.05) is 0 Å². The van der Waals surface area contributed by atoms with Gasteiger partial charge in [-0.2, -0.15) is 0 Å². The predicted molar refractivity (Wildman–Crippen MR) is 39.8 cm³/mol. The first-order valence-electron chi connectivity index (χ1n) is 0.500. The Morgan fingerprint density at radius 3 is 0.833 bits per heavy atom. The molecule has 0 heterocycles. The minimum absolute atomic E-state index is 0. The normalized spacial score (nSPS) is 6.00. The van der Waals surface area contributed by atoms with Crippen LogP contribution in [0.15, 0.2) is 0 Å². The summed E-state index contributed by atoms with van der Waals surface area (Å²) in [7, 11) is 13.3. The zero-order valence-corrected chi connectivity index (χ0v) is 8.41. The van der Waals surface area contributed by atoms with Crippen LogP contribution < -0.4 is 12.3 Å². The molecule has 8 N–H and O–H groups in total. The Hall–Kier alpha value is 1.76. The molecule has 0 aliphatic rings. The predicted octanol–water partition coefficient (Wildman–Crippen LogP) is 0.364. The van der Waals surface area contributed by atoms with Crippen molar-refractivity contribution in [2.75, 3.05) is 0 Å². The summed E-state index contributed by atoms with van der Waals surface area (Å²) >= 11 is -1.61. The van der Waals surface area contributed by atoms with E-state index in [9.17, 15) is 0 Å². The monoisotopic (exact) mass is 262 g/mol. The fourth-order valence-electron chi connectivity index (χ4n) is 0. The second-order valence-corrected chi connectivity index (χ2v) is 12.3. The molecule has 0 aromatic rings. The van der Waals surface area contributed by atoms with Gasteiger partial charge in [0.1, 0.15) is 0 Å². The van der Waals surface area contributed by atoms with Crippen LogP contribution in [-0.2, 0) is 29.6 Å². The van der Waals surface area contributed by atoms with E-state index in [1.807, 2.05) is 0 Å². The van der Waals surface area contributed by atoms with Gasteiger partial charge >= 0.3 is 45.0 Å². The molecule has 0 spiro atoms. The molecule has 0 aromatic heterocycles. The maximum atomic E-state index is 4.42. The first kappa shape index (κ1) is 15.7. The summed E-state index contributed by atoms with van der Waals surface area (Å²) in [5.74, 6) is 0. The second-order valence-electron chi connectivity index (χ2n) is 0.204. The molecule has 2 nitrogen and oxygen atoms in total. The maximum absolute atomic E-state index is 4.42. The van der Waals surface area contributed by atoms with Gasteiger partial charge in [-0.05, 0) is 0 Å². The Balaban J connectivity index is -0.0000000450. The Morgan fingerprint density at radius 1 is 0.833 bits per heavy atom. The van der Waals surface area contributed by atoms with Crippen molar-refractivity contribution in [3.05, 3.63) is 0 Å². The van der Waals surface area contributed by atoms with E-state index in [1.54, 1.807) is 0 Å². The van der Waals surface area contributed by atoms with E-state index in [2.05, 4.69) is 29.6 Å². The molecule has 6 heteroatoms. The molecule has 0 radical (unpaired) electrons. The SMILES string of the molecule is [NH4+].[NH4+].[S-][Te+]([S-])[S-]. The van der Waals surface area contributed by atoms with E-state index < -0.39 is 15.4 Å². The van der Waals surface area contributed by atoms with Gasteiger partial charge in [-0.15, -0.1) is 0 Å². The first-order valence-corrected chi connectivity index (χ1v) is 10.1. The Kier molecular flexibility index (Phi) is 25.8. The Labute approximate surface area is 56.9 Å². The van der Waals surface area contributed by atoms with Gasteiger partial charge in [0.2, 0.25) is 0 Å². The zero-order chi connectivity index (χ0) is 3.58. The number of quaternary nitrogens is 2. The van der Waals surface area contributed by atoms with Crippen LogP contribution in [0, 0.1) is 0 Å². The van der Waals surface area contributed by atoms with Crippen molar-refractivity contribution in [1.82, 2.24) is 12.3 Å². The molecule has 0 unspecified atom stereocenters. The van der Waals surface area contributed by atoms with Crippen LogP contribution in [0.1, 0.15) is 0 Å². The van der Waals surface area contributed by atoms with Crippen molar-refractivity contribution < 1.29 is 0 Å². The van der Waals surface area contributed by atoms with E-state index >= 15 is 0 Å². The topological polar surface area (TPSA) is 73.0 Å². The molecule has 0 saturated heterocycles. The number of hydrogen-bond acceptors (Lipinski definition) is 3. The molecule has 0 aliphatic carbocycles. The molecule has 0 aliphatic heterocycles. The molecule has 0 amide bonds. The van der Waals surface area contributed by atoms with Crippen LogP contribution in [0.3, 0.4) is 0 Å². The summed E-state index contributed by atoms with van der Waals surface area (Å²) < 4.78 is 0. The molecule has 0 bridgehead atoms. The van der Waals surface area contributed by atoms with Crippen LogP contribution in [-0.4, -0.2) is 15.4 Å². The van der Waals surface area contributed by atoms with Crippen molar-refractivity contribution in [3.8, 4) is 0 Å². The standard InChI is InChI=1S/2H3N.H2S3Te/c;;1-4(2)3/h2*1H3;(H2,1,2,3). The zero-order valence-electron chi connectivity index (χ0n) is 3.63. The van der Waals surface area contributed by atoms with Gasteiger partial charge in [-0.25, -0.2) is 0 Å². The second kappa shape index (κ2) is 9.90. The Bertz CT molecular complexity index is 13.5. The molecule has 0 rings (SSSR count). The number of hydrogen-bond donors (Lipinski definition) is 2. The van der Waals surface area contributed by atoms with Crippen LogP contribution in [0.25, 0.3) is 0 Å². The summed E-state index contributed by atoms with van der Waals surface area (Å²) in [6, 6.07) is 0. The van der Waals surface area contributed by atoms with Crippen molar-refractivity contribution in [2.45, 2.75) is 0 Å². The molecule has 42 valence electrons. The molecular weight excluding hydrogens is 252 g/mol. The fourth-order valence-corrected chi connectivity index (χ4v) is 0. The van der Waals surface area contributed by atoms with Crippen LogP contribution in [0.4, 0.5) is 0 Å². The third kappa shape index (κ3) is 42.1. The first-order chi connectivity index (χ1) is 1.73.